The van der Waals surface area contributed by atoms with Crippen molar-refractivity contribution in [3.05, 3.63) is 112 Å². The van der Waals surface area contributed by atoms with Crippen LogP contribution in [0.5, 0.6) is 0 Å². The van der Waals surface area contributed by atoms with Crippen LogP contribution in [0.3, 0.4) is 0 Å². The molecule has 3 nitrogen and oxygen atoms in total. The van der Waals surface area contributed by atoms with Crippen molar-refractivity contribution in [3.63, 3.8) is 0 Å². The van der Waals surface area contributed by atoms with Gasteiger partial charge in [0.05, 0.1) is 0 Å². The number of ketones is 1. The topological polar surface area (TPSA) is 50.2 Å². The zero-order valence-electron chi connectivity index (χ0n) is 27.5. The van der Waals surface area contributed by atoms with Gasteiger partial charge in [-0.15, -0.1) is 29.1 Å². The van der Waals surface area contributed by atoms with Crippen molar-refractivity contribution in [2.75, 3.05) is 0 Å². The Bertz CT molecular complexity index is 1980. The Hall–Kier alpha value is -3.91. The molecule has 53 heavy (non-hydrogen) atoms. The number of pyridine rings is 1. The fraction of sp³-hybridized carbons (Fsp3) is 0.351. The molecule has 0 aliphatic heterocycles. The number of carbonyl (C=O) groups excluding carboxylic acids is 1. The summed E-state index contributed by atoms with van der Waals surface area (Å²) in [6.07, 6.45) is -19.9. The Morgan fingerprint density at radius 1 is 0.736 bits per heavy atom. The molecule has 1 radical (unpaired) electrons. The van der Waals surface area contributed by atoms with E-state index in [1.807, 2.05) is 6.20 Å². The van der Waals surface area contributed by atoms with Crippen LogP contribution in [0.1, 0.15) is 33.4 Å². The molecule has 3 aromatic carbocycles. The number of allylic oxidation sites excluding steroid dienone is 2. The molecule has 1 heterocycles. The molecule has 6 rings (SSSR count). The Labute approximate surface area is 308 Å². The van der Waals surface area contributed by atoms with Crippen molar-refractivity contribution in [2.24, 2.45) is 17.3 Å². The number of alkyl halides is 12. The SMILES string of the molecule is Cc1cnc(-c2[c-]ccc3cc4c(cc23)CC2(Cc3ccccc3C2)C4)cc1C.O=C(/C=C(\O)C(C(F)(F)F)C(F)(F)F)C(C(F)(F)F)C(F)(F)F.[Ir]. The van der Waals surface area contributed by atoms with Gasteiger partial charge in [0.15, 0.2) is 5.78 Å². The zero-order chi connectivity index (χ0) is 38.6. The molecule has 0 bridgehead atoms. The van der Waals surface area contributed by atoms with Gasteiger partial charge in [-0.25, -0.2) is 0 Å². The van der Waals surface area contributed by atoms with Crippen LogP contribution in [0, 0.1) is 37.2 Å². The zero-order valence-corrected chi connectivity index (χ0v) is 29.9. The minimum absolute atomic E-state index is 0. The van der Waals surface area contributed by atoms with Gasteiger partial charge >= 0.3 is 24.7 Å². The number of aliphatic hydroxyl groups excluding tert-OH is 1. The normalized spacial score (nSPS) is 15.7. The van der Waals surface area contributed by atoms with Gasteiger partial charge in [0.1, 0.15) is 5.76 Å². The third kappa shape index (κ3) is 9.08. The second-order valence-corrected chi connectivity index (χ2v) is 13.2. The number of hydrogen-bond acceptors (Lipinski definition) is 3. The second kappa shape index (κ2) is 14.7. The van der Waals surface area contributed by atoms with Crippen molar-refractivity contribution in [3.8, 4) is 11.3 Å². The van der Waals surface area contributed by atoms with Crippen LogP contribution in [-0.2, 0) is 50.6 Å². The Morgan fingerprint density at radius 2 is 1.23 bits per heavy atom. The summed E-state index contributed by atoms with van der Waals surface area (Å²) in [5, 5.41) is 11.2. The smallest absolute Gasteiger partial charge is 0.407 e. The number of hydrogen-bond donors (Lipinski definition) is 1. The molecule has 1 spiro atoms. The molecule has 1 aromatic heterocycles. The number of aryl methyl sites for hydroxylation is 2. The third-order valence-electron chi connectivity index (χ3n) is 9.32. The van der Waals surface area contributed by atoms with E-state index < -0.39 is 54.2 Å². The summed E-state index contributed by atoms with van der Waals surface area (Å²) >= 11 is 0. The minimum atomic E-state index is -6.34. The number of fused-ring (bicyclic) bond motifs is 3. The average Bonchev–Trinajstić information content (AvgIpc) is 3.51. The van der Waals surface area contributed by atoms with Crippen molar-refractivity contribution >= 4 is 16.6 Å². The maximum atomic E-state index is 12.1. The number of aliphatic hydroxyl groups is 1. The van der Waals surface area contributed by atoms with E-state index in [2.05, 4.69) is 74.5 Å². The Balaban J connectivity index is 0.000000241. The largest absolute Gasteiger partial charge is 0.511 e. The molecule has 0 saturated heterocycles. The molecule has 4 aromatic rings. The van der Waals surface area contributed by atoms with Gasteiger partial charge in [-0.3, -0.25) is 4.79 Å². The van der Waals surface area contributed by atoms with Crippen LogP contribution in [-0.4, -0.2) is 40.6 Å². The first-order valence-electron chi connectivity index (χ1n) is 15.6. The van der Waals surface area contributed by atoms with Gasteiger partial charge in [-0.05, 0) is 72.9 Å². The van der Waals surface area contributed by atoms with E-state index in [4.69, 9.17) is 10.1 Å². The van der Waals surface area contributed by atoms with Gasteiger partial charge < -0.3 is 10.1 Å². The van der Waals surface area contributed by atoms with Crippen molar-refractivity contribution in [1.29, 1.82) is 0 Å². The number of aromatic nitrogens is 1. The Kier molecular flexibility index (Phi) is 11.6. The van der Waals surface area contributed by atoms with Gasteiger partial charge in [0, 0.05) is 32.4 Å². The molecular weight excluding hydrogens is 911 g/mol. The van der Waals surface area contributed by atoms with Crippen LogP contribution < -0.4 is 0 Å². The summed E-state index contributed by atoms with van der Waals surface area (Å²) in [6, 6.07) is 23.8. The summed E-state index contributed by atoms with van der Waals surface area (Å²) in [7, 11) is 0. The standard InChI is InChI=1S/C28H24N.C9H4F12O2.Ir/c1-18-10-27(29-17-19(18)2)25-9-5-8-20-11-23-15-28(16-24(23)12-26(20)25)13-21-6-3-4-7-22(21)14-28;10-6(11,12)4(7(13,14)15)2(22)1-3(23)5(8(16,17)18)9(19,20)21;/h3-8,10-12,17H,13-16H2,1-2H3;1,4-5,22H;/q-1;;/b;2-1-;. The van der Waals surface area contributed by atoms with E-state index >= 15 is 0 Å². The average molecular weight is 939 g/mol. The summed E-state index contributed by atoms with van der Waals surface area (Å²) < 4.78 is 145. The van der Waals surface area contributed by atoms with Crippen molar-refractivity contribution < 1.29 is 82.7 Å². The van der Waals surface area contributed by atoms with Crippen LogP contribution in [0.15, 0.2) is 72.6 Å². The number of halogens is 12. The molecule has 0 fully saturated rings. The van der Waals surface area contributed by atoms with Gasteiger partial charge in [-0.1, -0.05) is 59.0 Å². The number of rotatable bonds is 4. The molecule has 0 atom stereocenters. The van der Waals surface area contributed by atoms with E-state index in [0.29, 0.717) is 5.41 Å². The first-order chi connectivity index (χ1) is 23.9. The summed E-state index contributed by atoms with van der Waals surface area (Å²) in [5.74, 6) is -15.9. The molecule has 16 heteroatoms. The number of benzene rings is 3. The minimum Gasteiger partial charge on any atom is -0.511 e. The Morgan fingerprint density at radius 3 is 1.72 bits per heavy atom. The van der Waals surface area contributed by atoms with E-state index in [-0.39, 0.29) is 20.1 Å². The summed E-state index contributed by atoms with van der Waals surface area (Å²) in [5.41, 5.74) is 11.2. The second-order valence-electron chi connectivity index (χ2n) is 13.2. The first-order valence-corrected chi connectivity index (χ1v) is 15.6. The van der Waals surface area contributed by atoms with Crippen molar-refractivity contribution in [2.45, 2.75) is 64.2 Å². The van der Waals surface area contributed by atoms with E-state index in [0.717, 1.165) is 11.3 Å². The number of nitrogens with zero attached hydrogens (tertiary/aromatic N) is 1. The van der Waals surface area contributed by atoms with E-state index in [9.17, 15) is 57.5 Å². The van der Waals surface area contributed by atoms with Gasteiger partial charge in [-0.2, -0.15) is 52.7 Å². The maximum absolute atomic E-state index is 12.1. The predicted molar refractivity (Wildman–Crippen MR) is 166 cm³/mol. The summed E-state index contributed by atoms with van der Waals surface area (Å²) in [4.78, 5) is 15.5. The van der Waals surface area contributed by atoms with Crippen LogP contribution in [0.2, 0.25) is 0 Å². The third-order valence-corrected chi connectivity index (χ3v) is 9.32. The van der Waals surface area contributed by atoms with E-state index in [1.54, 1.807) is 11.1 Å². The molecule has 0 unspecified atom stereocenters. The fourth-order valence-corrected chi connectivity index (χ4v) is 6.89. The first kappa shape index (κ1) is 41.8. The molecule has 2 aliphatic rings. The van der Waals surface area contributed by atoms with Crippen molar-refractivity contribution in [1.82, 2.24) is 4.98 Å². The quantitative estimate of drug-likeness (QED) is 0.0960. The molecule has 0 saturated carbocycles. The molecule has 0 amide bonds. The van der Waals surface area contributed by atoms with Crippen LogP contribution in [0.4, 0.5) is 52.7 Å². The number of carbonyl (C=O) groups is 1. The van der Waals surface area contributed by atoms with Crippen LogP contribution >= 0.6 is 0 Å². The predicted octanol–water partition coefficient (Wildman–Crippen LogP) is 10.7. The molecular formula is C37H28F12IrNO2-. The maximum Gasteiger partial charge on any atom is 0.407 e. The molecule has 1 N–H and O–H groups in total. The molecule has 287 valence electrons. The fourth-order valence-electron chi connectivity index (χ4n) is 6.89. The van der Waals surface area contributed by atoms with Gasteiger partial charge in [0.2, 0.25) is 11.8 Å². The van der Waals surface area contributed by atoms with Crippen LogP contribution in [0.25, 0.3) is 22.0 Å². The molecule has 2 aliphatic carbocycles. The van der Waals surface area contributed by atoms with E-state index in [1.165, 1.54) is 58.7 Å². The van der Waals surface area contributed by atoms with Gasteiger partial charge in [0.25, 0.3) is 0 Å². The monoisotopic (exact) mass is 939 g/mol. The summed E-state index contributed by atoms with van der Waals surface area (Å²) in [6.45, 7) is 4.27.